The van der Waals surface area contributed by atoms with E-state index in [-0.39, 0.29) is 16.7 Å². The lowest BCUT2D eigenvalue weighted by molar-refractivity contribution is 0.0238. The summed E-state index contributed by atoms with van der Waals surface area (Å²) in [7, 11) is 0. The van der Waals surface area contributed by atoms with Crippen molar-refractivity contribution < 1.29 is 18.8 Å². The zero-order chi connectivity index (χ0) is 27.1. The van der Waals surface area contributed by atoms with Crippen molar-refractivity contribution in [3.05, 3.63) is 54.3 Å². The van der Waals surface area contributed by atoms with Crippen LogP contribution < -0.4 is 14.8 Å². The molecule has 202 valence electrons. The van der Waals surface area contributed by atoms with Crippen LogP contribution in [0.2, 0.25) is 0 Å². The number of hydrogen-bond donors (Lipinski definition) is 1. The number of ether oxygens (including phenoxy) is 2. The molecule has 1 N–H and O–H groups in total. The third kappa shape index (κ3) is 5.33. The van der Waals surface area contributed by atoms with Gasteiger partial charge in [-0.1, -0.05) is 17.3 Å². The van der Waals surface area contributed by atoms with E-state index in [1.807, 2.05) is 30.3 Å². The van der Waals surface area contributed by atoms with Crippen molar-refractivity contribution in [3.63, 3.8) is 0 Å². The number of nitriles is 1. The number of hydrogen-bond acceptors (Lipinski definition) is 8. The average Bonchev–Trinajstić information content (AvgIpc) is 3.69. The van der Waals surface area contributed by atoms with Gasteiger partial charge in [0.1, 0.15) is 11.8 Å². The van der Waals surface area contributed by atoms with Crippen LogP contribution in [0, 0.1) is 16.7 Å². The minimum Gasteiger partial charge on any atom is -0.473 e. The summed E-state index contributed by atoms with van der Waals surface area (Å²) in [4.78, 5) is 21.7. The second kappa shape index (κ2) is 9.67. The van der Waals surface area contributed by atoms with Gasteiger partial charge in [0.25, 0.3) is 0 Å². The second-order valence-electron chi connectivity index (χ2n) is 11.9. The standard InChI is InChI=1S/C30H33N5O4/c1-28(2,18-31)38-23-7-5-20(6-8-23)22-9-16-32-24(17-22)37-27(36)33-19-29-10-13-30(14-11-29,15-12-29)26-34-25(35-39-26)21-3-4-21/h5-9,16-17,21H,3-4,10-15,19H2,1-2H3,(H,33,36). The van der Waals surface area contributed by atoms with Crippen LogP contribution in [0.25, 0.3) is 11.1 Å². The Morgan fingerprint density at radius 2 is 1.82 bits per heavy atom. The van der Waals surface area contributed by atoms with E-state index in [0.29, 0.717) is 18.2 Å². The fraction of sp³-hybridized carbons (Fsp3) is 0.500. The van der Waals surface area contributed by atoms with Crippen LogP contribution in [0.1, 0.15) is 82.8 Å². The fourth-order valence-electron chi connectivity index (χ4n) is 5.88. The van der Waals surface area contributed by atoms with Gasteiger partial charge in [0.2, 0.25) is 11.8 Å². The molecule has 4 aliphatic rings. The van der Waals surface area contributed by atoms with Gasteiger partial charge in [0.05, 0.1) is 0 Å². The van der Waals surface area contributed by atoms with Crippen molar-refractivity contribution >= 4 is 6.09 Å². The number of aromatic nitrogens is 3. The van der Waals surface area contributed by atoms with Gasteiger partial charge in [-0.2, -0.15) is 10.2 Å². The molecule has 1 amide bonds. The number of rotatable bonds is 8. The maximum Gasteiger partial charge on any atom is 0.413 e. The minimum absolute atomic E-state index is 0.00299. The third-order valence-electron chi connectivity index (χ3n) is 8.61. The molecule has 3 aromatic rings. The number of amides is 1. The molecule has 0 radical (unpaired) electrons. The molecule has 2 aromatic heterocycles. The highest BCUT2D eigenvalue weighted by atomic mass is 16.6. The Balaban J connectivity index is 1.03. The van der Waals surface area contributed by atoms with Crippen LogP contribution in [0.3, 0.4) is 0 Å². The molecule has 2 bridgehead atoms. The zero-order valence-corrected chi connectivity index (χ0v) is 22.4. The van der Waals surface area contributed by atoms with Crippen LogP contribution in [0.15, 0.2) is 47.1 Å². The molecular weight excluding hydrogens is 494 g/mol. The number of carbonyl (C=O) groups is 1. The number of nitrogens with one attached hydrogen (secondary N) is 1. The third-order valence-corrected chi connectivity index (χ3v) is 8.61. The lowest BCUT2D eigenvalue weighted by Gasteiger charge is -2.51. The highest BCUT2D eigenvalue weighted by Crippen LogP contribution is 2.57. The van der Waals surface area contributed by atoms with Crippen molar-refractivity contribution in [2.75, 3.05) is 6.54 Å². The first-order valence-electron chi connectivity index (χ1n) is 13.7. The topological polar surface area (TPSA) is 123 Å². The van der Waals surface area contributed by atoms with E-state index in [1.165, 1.54) is 12.8 Å². The molecule has 4 aliphatic carbocycles. The van der Waals surface area contributed by atoms with E-state index >= 15 is 0 Å². The SMILES string of the molecule is CC(C)(C#N)Oc1ccc(-c2ccnc(OC(=O)NCC34CCC(c5nc(C6CC6)no5)(CC3)CC4)c2)cc1. The predicted octanol–water partition coefficient (Wildman–Crippen LogP) is 6.07. The van der Waals surface area contributed by atoms with Crippen LogP contribution in [0.5, 0.6) is 11.6 Å². The molecule has 4 fully saturated rings. The van der Waals surface area contributed by atoms with Crippen LogP contribution in [-0.4, -0.2) is 33.4 Å². The number of nitrogens with zero attached hydrogens (tertiary/aromatic N) is 4. The zero-order valence-electron chi connectivity index (χ0n) is 22.4. The molecule has 0 aliphatic heterocycles. The monoisotopic (exact) mass is 527 g/mol. The highest BCUT2D eigenvalue weighted by molar-refractivity contribution is 5.71. The molecule has 4 saturated carbocycles. The lowest BCUT2D eigenvalue weighted by Crippen LogP contribution is -2.49. The Hall–Kier alpha value is -3.93. The Kier molecular flexibility index (Phi) is 6.29. The summed E-state index contributed by atoms with van der Waals surface area (Å²) in [5, 5.41) is 16.4. The Morgan fingerprint density at radius 3 is 2.49 bits per heavy atom. The van der Waals surface area contributed by atoms with Crippen molar-refractivity contribution in [1.29, 1.82) is 5.26 Å². The number of fused-ring (bicyclic) bond motifs is 3. The van der Waals surface area contributed by atoms with Crippen molar-refractivity contribution in [1.82, 2.24) is 20.4 Å². The molecule has 7 rings (SSSR count). The number of benzene rings is 1. The summed E-state index contributed by atoms with van der Waals surface area (Å²) in [5.74, 6) is 3.05. The van der Waals surface area contributed by atoms with Crippen LogP contribution in [-0.2, 0) is 5.41 Å². The van der Waals surface area contributed by atoms with Crippen molar-refractivity contribution in [2.45, 2.75) is 82.1 Å². The quantitative estimate of drug-likeness (QED) is 0.374. The number of carbonyl (C=O) groups excluding carboxylic acids is 1. The molecule has 0 spiro atoms. The summed E-state index contributed by atoms with van der Waals surface area (Å²) in [6.07, 6.45) is 9.56. The molecule has 0 saturated heterocycles. The largest absolute Gasteiger partial charge is 0.473 e. The first-order chi connectivity index (χ1) is 18.8. The molecule has 39 heavy (non-hydrogen) atoms. The van der Waals surface area contributed by atoms with Crippen LogP contribution in [0.4, 0.5) is 4.79 Å². The molecular formula is C30H33N5O4. The Morgan fingerprint density at radius 1 is 1.10 bits per heavy atom. The lowest BCUT2D eigenvalue weighted by atomic mass is 9.53. The molecule has 1 aromatic carbocycles. The van der Waals surface area contributed by atoms with Gasteiger partial charge >= 0.3 is 6.09 Å². The maximum atomic E-state index is 12.7. The normalized spacial score (nSPS) is 24.1. The van der Waals surface area contributed by atoms with E-state index in [0.717, 1.165) is 61.4 Å². The van der Waals surface area contributed by atoms with E-state index in [1.54, 1.807) is 26.1 Å². The number of pyridine rings is 1. The smallest absolute Gasteiger partial charge is 0.413 e. The molecule has 0 atom stereocenters. The second-order valence-corrected chi connectivity index (χ2v) is 11.9. The van der Waals surface area contributed by atoms with Crippen molar-refractivity contribution in [3.8, 4) is 28.8 Å². The van der Waals surface area contributed by atoms with Gasteiger partial charge in [-0.25, -0.2) is 9.78 Å². The highest BCUT2D eigenvalue weighted by Gasteiger charge is 2.52. The fourth-order valence-corrected chi connectivity index (χ4v) is 5.88. The van der Waals surface area contributed by atoms with Gasteiger partial charge in [-0.3, -0.25) is 0 Å². The average molecular weight is 528 g/mol. The predicted molar refractivity (Wildman–Crippen MR) is 142 cm³/mol. The summed E-state index contributed by atoms with van der Waals surface area (Å²) in [5.41, 5.74) is 0.960. The Labute approximate surface area is 227 Å². The van der Waals surface area contributed by atoms with E-state index < -0.39 is 11.7 Å². The first kappa shape index (κ1) is 25.4. The Bertz CT molecular complexity index is 1380. The van der Waals surface area contributed by atoms with E-state index in [2.05, 4.69) is 21.5 Å². The van der Waals surface area contributed by atoms with Gasteiger partial charge in [0, 0.05) is 30.1 Å². The first-order valence-corrected chi connectivity index (χ1v) is 13.7. The van der Waals surface area contributed by atoms with E-state index in [9.17, 15) is 4.79 Å². The van der Waals surface area contributed by atoms with E-state index in [4.69, 9.17) is 24.2 Å². The molecule has 0 unspecified atom stereocenters. The van der Waals surface area contributed by atoms with Gasteiger partial charge in [-0.05, 0) is 100.0 Å². The molecule has 9 heteroatoms. The summed E-state index contributed by atoms with van der Waals surface area (Å²) in [6.45, 7) is 4.02. The van der Waals surface area contributed by atoms with Gasteiger partial charge < -0.3 is 19.3 Å². The van der Waals surface area contributed by atoms with Crippen molar-refractivity contribution in [2.24, 2.45) is 5.41 Å². The molecule has 2 heterocycles. The molecule has 9 nitrogen and oxygen atoms in total. The minimum atomic E-state index is -0.905. The van der Waals surface area contributed by atoms with Gasteiger partial charge in [0.15, 0.2) is 11.4 Å². The van der Waals surface area contributed by atoms with Gasteiger partial charge in [-0.15, -0.1) is 0 Å². The maximum absolute atomic E-state index is 12.7. The van der Waals surface area contributed by atoms with Crippen LogP contribution >= 0.6 is 0 Å². The summed E-state index contributed by atoms with van der Waals surface area (Å²) >= 11 is 0. The summed E-state index contributed by atoms with van der Waals surface area (Å²) < 4.78 is 16.9. The summed E-state index contributed by atoms with van der Waals surface area (Å²) in [6, 6.07) is 13.1.